The molecule has 1 atom stereocenters. The average molecular weight is 339 g/mol. The lowest BCUT2D eigenvalue weighted by Gasteiger charge is -2.32. The quantitative estimate of drug-likeness (QED) is 0.827. The molecule has 1 aromatic carbocycles. The predicted molar refractivity (Wildman–Crippen MR) is 89.3 cm³/mol. The largest absolute Gasteiger partial charge is 0.480 e. The Hall–Kier alpha value is -2.11. The van der Waals surface area contributed by atoms with Gasteiger partial charge in [-0.05, 0) is 56.7 Å². The lowest BCUT2D eigenvalue weighted by Crippen LogP contribution is -2.51. The molecule has 5 nitrogen and oxygen atoms in total. The summed E-state index contributed by atoms with van der Waals surface area (Å²) in [5.41, 5.74) is -0.506. The van der Waals surface area contributed by atoms with Crippen LogP contribution < -0.4 is 5.32 Å². The highest BCUT2D eigenvalue weighted by molar-refractivity contribution is 5.80. The average Bonchev–Trinajstić information content (AvgIpc) is 2.42. The van der Waals surface area contributed by atoms with Crippen LogP contribution in [0.4, 0.5) is 9.18 Å². The molecule has 0 aromatic heterocycles. The van der Waals surface area contributed by atoms with E-state index in [1.807, 2.05) is 0 Å². The fraction of sp³-hybridized carbons (Fsp3) is 0.556. The van der Waals surface area contributed by atoms with Crippen LogP contribution in [0.1, 0.15) is 46.6 Å². The molecule has 0 saturated carbocycles. The number of hydrogen-bond acceptors (Lipinski definition) is 3. The smallest absolute Gasteiger partial charge is 0.408 e. The summed E-state index contributed by atoms with van der Waals surface area (Å²) in [5, 5.41) is 11.9. The Kier molecular flexibility index (Phi) is 6.35. The number of alkyl carbamates (subject to hydrolysis) is 1. The number of aryl methyl sites for hydroxylation is 1. The van der Waals surface area contributed by atoms with Crippen molar-refractivity contribution in [1.82, 2.24) is 5.32 Å². The van der Waals surface area contributed by atoms with Gasteiger partial charge in [-0.25, -0.2) is 14.0 Å². The van der Waals surface area contributed by atoms with Gasteiger partial charge in [0.25, 0.3) is 0 Å². The molecule has 0 fully saturated rings. The van der Waals surface area contributed by atoms with Gasteiger partial charge in [-0.2, -0.15) is 0 Å². The van der Waals surface area contributed by atoms with Crippen molar-refractivity contribution in [2.24, 2.45) is 5.41 Å². The Labute approximate surface area is 142 Å². The van der Waals surface area contributed by atoms with E-state index in [2.05, 4.69) is 5.32 Å². The molecule has 1 rings (SSSR count). The minimum Gasteiger partial charge on any atom is -0.480 e. The molecule has 0 bridgehead atoms. The number of carbonyl (C=O) groups is 2. The molecule has 2 N–H and O–H groups in total. The van der Waals surface area contributed by atoms with Crippen molar-refractivity contribution < 1.29 is 23.8 Å². The number of carbonyl (C=O) groups excluding carboxylic acids is 1. The third kappa shape index (κ3) is 6.56. The van der Waals surface area contributed by atoms with E-state index in [9.17, 15) is 19.1 Å². The topological polar surface area (TPSA) is 75.6 Å². The minimum absolute atomic E-state index is 0.312. The van der Waals surface area contributed by atoms with E-state index in [1.165, 1.54) is 12.1 Å². The van der Waals surface area contributed by atoms with Crippen LogP contribution in [0, 0.1) is 11.2 Å². The number of halogens is 1. The SMILES string of the molecule is CC(C)(C)OC(=O)N[C@H](C(=O)O)C(C)(C)CCc1ccc(F)cc1. The predicted octanol–water partition coefficient (Wildman–Crippen LogP) is 3.76. The van der Waals surface area contributed by atoms with Crippen LogP contribution >= 0.6 is 0 Å². The summed E-state index contributed by atoms with van der Waals surface area (Å²) in [6, 6.07) is 4.99. The number of nitrogens with one attached hydrogen (secondary N) is 1. The van der Waals surface area contributed by atoms with E-state index in [0.717, 1.165) is 5.56 Å². The van der Waals surface area contributed by atoms with Crippen LogP contribution in [0.3, 0.4) is 0 Å². The Morgan fingerprint density at radius 3 is 2.17 bits per heavy atom. The van der Waals surface area contributed by atoms with Crippen molar-refractivity contribution >= 4 is 12.1 Å². The zero-order chi connectivity index (χ0) is 18.5. The van der Waals surface area contributed by atoms with Crippen molar-refractivity contribution in [1.29, 1.82) is 0 Å². The molecule has 0 aliphatic heterocycles. The monoisotopic (exact) mass is 339 g/mol. The molecule has 0 heterocycles. The summed E-state index contributed by atoms with van der Waals surface area (Å²) in [7, 11) is 0. The Morgan fingerprint density at radius 2 is 1.71 bits per heavy atom. The standard InChI is InChI=1S/C18H26FNO4/c1-17(2,3)24-16(23)20-14(15(21)22)18(4,5)11-10-12-6-8-13(19)9-7-12/h6-9,14H,10-11H2,1-5H3,(H,20,23)(H,21,22)/t14-/m1/s1. The zero-order valence-corrected chi connectivity index (χ0v) is 14.9. The van der Waals surface area contributed by atoms with Gasteiger partial charge in [-0.15, -0.1) is 0 Å². The maximum Gasteiger partial charge on any atom is 0.408 e. The lowest BCUT2D eigenvalue weighted by molar-refractivity contribution is -0.142. The molecule has 0 aliphatic carbocycles. The number of carboxylic acids is 1. The van der Waals surface area contributed by atoms with Gasteiger partial charge in [-0.3, -0.25) is 0 Å². The first kappa shape index (κ1) is 19.9. The molecule has 0 aliphatic rings. The number of aliphatic carboxylic acids is 1. The molecular formula is C18H26FNO4. The molecule has 1 amide bonds. The van der Waals surface area contributed by atoms with Crippen molar-refractivity contribution in [3.63, 3.8) is 0 Å². The summed E-state index contributed by atoms with van der Waals surface area (Å²) in [5.74, 6) is -1.43. The van der Waals surface area contributed by atoms with Crippen LogP contribution in [-0.4, -0.2) is 28.8 Å². The van der Waals surface area contributed by atoms with Gasteiger partial charge < -0.3 is 15.2 Å². The number of rotatable bonds is 6. The summed E-state index contributed by atoms with van der Waals surface area (Å²) < 4.78 is 18.1. The summed E-state index contributed by atoms with van der Waals surface area (Å²) in [4.78, 5) is 23.5. The normalized spacial score (nSPS) is 13.2. The third-order valence-corrected chi connectivity index (χ3v) is 3.66. The minimum atomic E-state index is -1.12. The highest BCUT2D eigenvalue weighted by Gasteiger charge is 2.37. The zero-order valence-electron chi connectivity index (χ0n) is 14.9. The van der Waals surface area contributed by atoms with Crippen molar-refractivity contribution in [2.75, 3.05) is 0 Å². The number of ether oxygens (including phenoxy) is 1. The summed E-state index contributed by atoms with van der Waals surface area (Å²) in [6.45, 7) is 8.67. The summed E-state index contributed by atoms with van der Waals surface area (Å²) in [6.07, 6.45) is 0.322. The van der Waals surface area contributed by atoms with Gasteiger partial charge in [0.15, 0.2) is 0 Å². The maximum atomic E-state index is 12.9. The van der Waals surface area contributed by atoms with E-state index in [0.29, 0.717) is 12.8 Å². The first-order chi connectivity index (χ1) is 10.9. The van der Waals surface area contributed by atoms with Gasteiger partial charge in [0.2, 0.25) is 0 Å². The second-order valence-corrected chi connectivity index (χ2v) is 7.53. The van der Waals surface area contributed by atoms with Crippen LogP contribution in [0.15, 0.2) is 24.3 Å². The maximum absolute atomic E-state index is 12.9. The van der Waals surface area contributed by atoms with E-state index in [1.54, 1.807) is 46.8 Å². The molecule has 0 saturated heterocycles. The molecule has 0 unspecified atom stereocenters. The molecule has 134 valence electrons. The molecule has 6 heteroatoms. The van der Waals surface area contributed by atoms with Crippen LogP contribution in [-0.2, 0) is 16.0 Å². The first-order valence-corrected chi connectivity index (χ1v) is 7.87. The fourth-order valence-corrected chi connectivity index (χ4v) is 2.28. The van der Waals surface area contributed by atoms with E-state index in [4.69, 9.17) is 4.74 Å². The van der Waals surface area contributed by atoms with Crippen LogP contribution in [0.25, 0.3) is 0 Å². The van der Waals surface area contributed by atoms with Gasteiger partial charge >= 0.3 is 12.1 Å². The number of benzene rings is 1. The first-order valence-electron chi connectivity index (χ1n) is 7.87. The van der Waals surface area contributed by atoms with Crippen molar-refractivity contribution in [3.8, 4) is 0 Å². The van der Waals surface area contributed by atoms with E-state index >= 15 is 0 Å². The van der Waals surface area contributed by atoms with Crippen LogP contribution in [0.2, 0.25) is 0 Å². The van der Waals surface area contributed by atoms with Crippen LogP contribution in [0.5, 0.6) is 0 Å². The second kappa shape index (κ2) is 7.64. The Morgan fingerprint density at radius 1 is 1.17 bits per heavy atom. The molecule has 24 heavy (non-hydrogen) atoms. The van der Waals surface area contributed by atoms with Gasteiger partial charge in [0.05, 0.1) is 0 Å². The number of amides is 1. The molecule has 1 aromatic rings. The molecule has 0 spiro atoms. The number of carboxylic acid groups (broad SMARTS) is 1. The third-order valence-electron chi connectivity index (χ3n) is 3.66. The van der Waals surface area contributed by atoms with E-state index < -0.39 is 29.1 Å². The lowest BCUT2D eigenvalue weighted by atomic mass is 9.79. The van der Waals surface area contributed by atoms with Crippen molar-refractivity contribution in [2.45, 2.75) is 59.1 Å². The fourth-order valence-electron chi connectivity index (χ4n) is 2.28. The molecule has 0 radical (unpaired) electrons. The highest BCUT2D eigenvalue weighted by Crippen LogP contribution is 2.28. The Bertz CT molecular complexity index is 576. The van der Waals surface area contributed by atoms with Gasteiger partial charge in [-0.1, -0.05) is 26.0 Å². The second-order valence-electron chi connectivity index (χ2n) is 7.53. The highest BCUT2D eigenvalue weighted by atomic mass is 19.1. The number of hydrogen-bond donors (Lipinski definition) is 2. The van der Waals surface area contributed by atoms with E-state index in [-0.39, 0.29) is 5.82 Å². The van der Waals surface area contributed by atoms with Gasteiger partial charge in [0, 0.05) is 0 Å². The van der Waals surface area contributed by atoms with Crippen molar-refractivity contribution in [3.05, 3.63) is 35.6 Å². The Balaban J connectivity index is 2.75. The molecular weight excluding hydrogens is 313 g/mol. The summed E-state index contributed by atoms with van der Waals surface area (Å²) >= 11 is 0. The van der Waals surface area contributed by atoms with Gasteiger partial charge in [0.1, 0.15) is 17.5 Å².